The number of nitrogens with zero attached hydrogens (tertiary/aromatic N) is 2. The lowest BCUT2D eigenvalue weighted by Crippen LogP contribution is -2.26. The highest BCUT2D eigenvalue weighted by Gasteiger charge is 2.09. The zero-order valence-electron chi connectivity index (χ0n) is 10.5. The van der Waals surface area contributed by atoms with E-state index < -0.39 is 0 Å². The molecule has 0 atom stereocenters. The number of benzene rings is 1. The molecule has 96 valence electrons. The van der Waals surface area contributed by atoms with Crippen LogP contribution < -0.4 is 0 Å². The normalized spacial score (nSPS) is 11.1. The van der Waals surface area contributed by atoms with Gasteiger partial charge in [-0.3, -0.25) is 4.90 Å². The molecule has 0 radical (unpaired) electrons. The summed E-state index contributed by atoms with van der Waals surface area (Å²) in [6.45, 7) is 4.34. The van der Waals surface area contributed by atoms with Gasteiger partial charge in [0.05, 0.1) is 19.3 Å². The average Bonchev–Trinajstić information content (AvgIpc) is 2.88. The van der Waals surface area contributed by atoms with Gasteiger partial charge in [-0.2, -0.15) is 0 Å². The Hall–Kier alpha value is -1.65. The zero-order chi connectivity index (χ0) is 12.8. The molecular formula is C14H18N2O2. The average molecular weight is 246 g/mol. The van der Waals surface area contributed by atoms with Crippen LogP contribution in [-0.4, -0.2) is 34.7 Å². The number of hydrogen-bond acceptors (Lipinski definition) is 4. The molecule has 1 aromatic heterocycles. The van der Waals surface area contributed by atoms with Gasteiger partial charge in [0.15, 0.2) is 5.76 Å². The summed E-state index contributed by atoms with van der Waals surface area (Å²) in [7, 11) is 0. The third kappa shape index (κ3) is 3.18. The van der Waals surface area contributed by atoms with E-state index in [1.807, 2.05) is 30.3 Å². The van der Waals surface area contributed by atoms with Crippen LogP contribution in [0.3, 0.4) is 0 Å². The van der Waals surface area contributed by atoms with Crippen molar-refractivity contribution in [1.82, 2.24) is 9.88 Å². The summed E-state index contributed by atoms with van der Waals surface area (Å²) in [6, 6.07) is 9.91. The molecule has 1 N–H and O–H groups in total. The van der Waals surface area contributed by atoms with Gasteiger partial charge in [0, 0.05) is 12.1 Å². The second kappa shape index (κ2) is 6.33. The smallest absolute Gasteiger partial charge is 0.209 e. The van der Waals surface area contributed by atoms with Gasteiger partial charge >= 0.3 is 0 Å². The molecule has 4 nitrogen and oxygen atoms in total. The van der Waals surface area contributed by atoms with Gasteiger partial charge in [-0.15, -0.1) is 0 Å². The van der Waals surface area contributed by atoms with Gasteiger partial charge in [0.25, 0.3) is 0 Å². The fourth-order valence-electron chi connectivity index (χ4n) is 1.80. The van der Waals surface area contributed by atoms with E-state index in [0.717, 1.165) is 17.9 Å². The van der Waals surface area contributed by atoms with E-state index >= 15 is 0 Å². The first-order valence-corrected chi connectivity index (χ1v) is 6.16. The summed E-state index contributed by atoms with van der Waals surface area (Å²) in [5.41, 5.74) is 1.03. The molecule has 0 saturated carbocycles. The summed E-state index contributed by atoms with van der Waals surface area (Å²) < 4.78 is 5.71. The number of aliphatic hydroxyl groups excluding tert-OH is 1. The molecule has 4 heteroatoms. The number of rotatable bonds is 6. The lowest BCUT2D eigenvalue weighted by atomic mass is 10.2. The maximum atomic E-state index is 8.94. The van der Waals surface area contributed by atoms with Crippen molar-refractivity contribution < 1.29 is 9.52 Å². The Morgan fingerprint density at radius 2 is 2.06 bits per heavy atom. The Kier molecular flexibility index (Phi) is 4.50. The standard InChI is InChI=1S/C14H18N2O2/c1-2-16(8-9-17)11-14-15-10-13(18-14)12-6-4-3-5-7-12/h3-7,10,17H,2,8-9,11H2,1H3. The Bertz CT molecular complexity index is 468. The zero-order valence-corrected chi connectivity index (χ0v) is 10.5. The molecule has 1 heterocycles. The van der Waals surface area contributed by atoms with Crippen LogP contribution in [0.2, 0.25) is 0 Å². The Balaban J connectivity index is 2.06. The number of oxazole rings is 1. The second-order valence-corrected chi connectivity index (χ2v) is 4.08. The van der Waals surface area contributed by atoms with E-state index in [0.29, 0.717) is 19.0 Å². The molecule has 0 aliphatic rings. The molecule has 0 spiro atoms. The van der Waals surface area contributed by atoms with Crippen molar-refractivity contribution in [2.45, 2.75) is 13.5 Å². The molecule has 0 unspecified atom stereocenters. The highest BCUT2D eigenvalue weighted by Crippen LogP contribution is 2.20. The Morgan fingerprint density at radius 1 is 1.28 bits per heavy atom. The maximum Gasteiger partial charge on any atom is 0.209 e. The fourth-order valence-corrected chi connectivity index (χ4v) is 1.80. The van der Waals surface area contributed by atoms with Crippen molar-refractivity contribution >= 4 is 0 Å². The molecule has 0 aliphatic heterocycles. The van der Waals surface area contributed by atoms with E-state index in [1.54, 1.807) is 6.20 Å². The van der Waals surface area contributed by atoms with Gasteiger partial charge in [-0.25, -0.2) is 4.98 Å². The molecule has 1 aromatic carbocycles. The van der Waals surface area contributed by atoms with Crippen molar-refractivity contribution in [3.8, 4) is 11.3 Å². The molecule has 18 heavy (non-hydrogen) atoms. The summed E-state index contributed by atoms with van der Waals surface area (Å²) in [5, 5.41) is 8.94. The molecule has 0 amide bonds. The van der Waals surface area contributed by atoms with E-state index in [2.05, 4.69) is 16.8 Å². The fraction of sp³-hybridized carbons (Fsp3) is 0.357. The minimum Gasteiger partial charge on any atom is -0.439 e. The number of hydrogen-bond donors (Lipinski definition) is 1. The maximum absolute atomic E-state index is 8.94. The molecule has 0 saturated heterocycles. The van der Waals surface area contributed by atoms with Crippen LogP contribution in [0, 0.1) is 0 Å². The summed E-state index contributed by atoms with van der Waals surface area (Å²) in [5.74, 6) is 1.47. The monoisotopic (exact) mass is 246 g/mol. The molecule has 0 fully saturated rings. The van der Waals surface area contributed by atoms with Gasteiger partial charge in [0.1, 0.15) is 0 Å². The van der Waals surface area contributed by atoms with E-state index in [9.17, 15) is 0 Å². The van der Waals surface area contributed by atoms with Gasteiger partial charge in [-0.05, 0) is 6.54 Å². The lowest BCUT2D eigenvalue weighted by molar-refractivity contribution is 0.185. The van der Waals surface area contributed by atoms with Crippen LogP contribution in [0.5, 0.6) is 0 Å². The second-order valence-electron chi connectivity index (χ2n) is 4.08. The van der Waals surface area contributed by atoms with Crippen LogP contribution >= 0.6 is 0 Å². The lowest BCUT2D eigenvalue weighted by Gasteiger charge is -2.16. The quantitative estimate of drug-likeness (QED) is 0.848. The summed E-state index contributed by atoms with van der Waals surface area (Å²) in [4.78, 5) is 6.36. The van der Waals surface area contributed by atoms with Crippen molar-refractivity contribution in [2.75, 3.05) is 19.7 Å². The van der Waals surface area contributed by atoms with Gasteiger partial charge in [-0.1, -0.05) is 37.3 Å². The van der Waals surface area contributed by atoms with Crippen LogP contribution in [0.15, 0.2) is 40.9 Å². The van der Waals surface area contributed by atoms with Crippen molar-refractivity contribution in [1.29, 1.82) is 0 Å². The van der Waals surface area contributed by atoms with Crippen LogP contribution in [0.4, 0.5) is 0 Å². The van der Waals surface area contributed by atoms with E-state index in [1.165, 1.54) is 0 Å². The minimum atomic E-state index is 0.153. The first-order chi connectivity index (χ1) is 8.83. The predicted octanol–water partition coefficient (Wildman–Crippen LogP) is 2.16. The van der Waals surface area contributed by atoms with Crippen LogP contribution in [0.25, 0.3) is 11.3 Å². The molecule has 0 bridgehead atoms. The first-order valence-electron chi connectivity index (χ1n) is 6.16. The summed E-state index contributed by atoms with van der Waals surface area (Å²) in [6.07, 6.45) is 1.75. The molecule has 2 rings (SSSR count). The molecular weight excluding hydrogens is 228 g/mol. The summed E-state index contributed by atoms with van der Waals surface area (Å²) >= 11 is 0. The van der Waals surface area contributed by atoms with Crippen LogP contribution in [-0.2, 0) is 6.54 Å². The van der Waals surface area contributed by atoms with Gasteiger partial charge < -0.3 is 9.52 Å². The Morgan fingerprint density at radius 3 is 2.72 bits per heavy atom. The topological polar surface area (TPSA) is 49.5 Å². The highest BCUT2D eigenvalue weighted by atomic mass is 16.4. The van der Waals surface area contributed by atoms with Crippen molar-refractivity contribution in [3.63, 3.8) is 0 Å². The Labute approximate surface area is 107 Å². The van der Waals surface area contributed by atoms with E-state index in [4.69, 9.17) is 9.52 Å². The SMILES string of the molecule is CCN(CCO)Cc1ncc(-c2ccccc2)o1. The third-order valence-corrected chi connectivity index (χ3v) is 2.83. The molecule has 2 aromatic rings. The number of likely N-dealkylation sites (N-methyl/N-ethyl adjacent to an activating group) is 1. The van der Waals surface area contributed by atoms with Gasteiger partial charge in [0.2, 0.25) is 5.89 Å². The first kappa shape index (κ1) is 12.8. The largest absolute Gasteiger partial charge is 0.439 e. The van der Waals surface area contributed by atoms with E-state index in [-0.39, 0.29) is 6.61 Å². The highest BCUT2D eigenvalue weighted by molar-refractivity contribution is 5.55. The van der Waals surface area contributed by atoms with Crippen molar-refractivity contribution in [2.24, 2.45) is 0 Å². The molecule has 0 aliphatic carbocycles. The van der Waals surface area contributed by atoms with Crippen molar-refractivity contribution in [3.05, 3.63) is 42.4 Å². The predicted molar refractivity (Wildman–Crippen MR) is 70.0 cm³/mol. The number of aliphatic hydroxyl groups is 1. The third-order valence-electron chi connectivity index (χ3n) is 2.83. The van der Waals surface area contributed by atoms with Crippen LogP contribution in [0.1, 0.15) is 12.8 Å². The minimum absolute atomic E-state index is 0.153. The number of aromatic nitrogens is 1.